The van der Waals surface area contributed by atoms with Crippen molar-refractivity contribution in [3.8, 4) is 0 Å². The van der Waals surface area contributed by atoms with Crippen molar-refractivity contribution in [3.63, 3.8) is 0 Å². The van der Waals surface area contributed by atoms with E-state index in [1.807, 2.05) is 0 Å². The van der Waals surface area contributed by atoms with Crippen LogP contribution in [0.4, 0.5) is 13.2 Å². The topological polar surface area (TPSA) is 60.8 Å². The smallest absolute Gasteiger partial charge is 0.254 e. The molecule has 1 amide bonds. The Morgan fingerprint density at radius 2 is 1.56 bits per heavy atom. The number of benzene rings is 1. The minimum absolute atomic E-state index is 0.138. The van der Waals surface area contributed by atoms with E-state index in [9.17, 15) is 28.2 Å². The molecule has 2 atom stereocenters. The molecule has 4 nitrogen and oxygen atoms in total. The second-order valence-electron chi connectivity index (χ2n) is 4.10. The van der Waals surface area contributed by atoms with Gasteiger partial charge in [0, 0.05) is 18.7 Å². The van der Waals surface area contributed by atoms with Crippen LogP contribution in [0, 0.1) is 17.5 Å². The van der Waals surface area contributed by atoms with Gasteiger partial charge in [-0.25, -0.2) is 13.2 Å². The Bertz CT molecular complexity index is 461. The van der Waals surface area contributed by atoms with Crippen LogP contribution in [-0.4, -0.2) is 46.3 Å². The highest BCUT2D eigenvalue weighted by Gasteiger charge is 2.33. The summed E-state index contributed by atoms with van der Waals surface area (Å²) < 4.78 is 38.6. The summed E-state index contributed by atoms with van der Waals surface area (Å²) in [5, 5.41) is 18.5. The summed E-state index contributed by atoms with van der Waals surface area (Å²) in [6.07, 6.45) is -2.19. The second-order valence-corrected chi connectivity index (χ2v) is 4.10. The van der Waals surface area contributed by atoms with Crippen molar-refractivity contribution in [1.29, 1.82) is 0 Å². The van der Waals surface area contributed by atoms with Gasteiger partial charge in [0.15, 0.2) is 17.5 Å². The zero-order valence-corrected chi connectivity index (χ0v) is 9.11. The van der Waals surface area contributed by atoms with Gasteiger partial charge < -0.3 is 15.1 Å². The lowest BCUT2D eigenvalue weighted by Crippen LogP contribution is -2.30. The lowest BCUT2D eigenvalue weighted by molar-refractivity contribution is 0.0572. The first kappa shape index (κ1) is 12.8. The summed E-state index contributed by atoms with van der Waals surface area (Å²) in [4.78, 5) is 12.8. The Balaban J connectivity index is 2.25. The first-order chi connectivity index (χ1) is 8.40. The van der Waals surface area contributed by atoms with Crippen molar-refractivity contribution in [3.05, 3.63) is 35.1 Å². The maximum Gasteiger partial charge on any atom is 0.254 e. The quantitative estimate of drug-likeness (QED) is 0.714. The van der Waals surface area contributed by atoms with Gasteiger partial charge in [-0.2, -0.15) is 0 Å². The van der Waals surface area contributed by atoms with E-state index in [4.69, 9.17) is 0 Å². The van der Waals surface area contributed by atoms with Crippen molar-refractivity contribution < 1.29 is 28.2 Å². The number of carbonyl (C=O) groups excluding carboxylic acids is 1. The van der Waals surface area contributed by atoms with E-state index >= 15 is 0 Å². The first-order valence-corrected chi connectivity index (χ1v) is 5.20. The number of aliphatic hydroxyl groups is 2. The summed E-state index contributed by atoms with van der Waals surface area (Å²) >= 11 is 0. The normalized spacial score (nSPS) is 23.5. The summed E-state index contributed by atoms with van der Waals surface area (Å²) in [5.41, 5.74) is -0.368. The molecular formula is C11H10F3NO3. The third kappa shape index (κ3) is 2.19. The van der Waals surface area contributed by atoms with E-state index < -0.39 is 35.6 Å². The highest BCUT2D eigenvalue weighted by atomic mass is 19.2. The van der Waals surface area contributed by atoms with Crippen molar-refractivity contribution in [2.75, 3.05) is 13.1 Å². The van der Waals surface area contributed by atoms with Crippen LogP contribution in [0.5, 0.6) is 0 Å². The minimum atomic E-state index is -1.65. The highest BCUT2D eigenvalue weighted by Crippen LogP contribution is 2.18. The number of hydrogen-bond acceptors (Lipinski definition) is 3. The molecule has 0 saturated carbocycles. The fourth-order valence-electron chi connectivity index (χ4n) is 1.80. The molecule has 0 aromatic heterocycles. The van der Waals surface area contributed by atoms with Gasteiger partial charge in [-0.15, -0.1) is 0 Å². The predicted molar refractivity (Wildman–Crippen MR) is 54.2 cm³/mol. The van der Waals surface area contributed by atoms with Crippen molar-refractivity contribution in [2.45, 2.75) is 12.2 Å². The molecule has 2 rings (SSSR count). The van der Waals surface area contributed by atoms with E-state index in [0.717, 1.165) is 4.90 Å². The molecule has 0 aliphatic carbocycles. The van der Waals surface area contributed by atoms with Gasteiger partial charge in [-0.1, -0.05) is 0 Å². The van der Waals surface area contributed by atoms with Crippen LogP contribution in [0.2, 0.25) is 0 Å². The van der Waals surface area contributed by atoms with Crippen LogP contribution >= 0.6 is 0 Å². The molecule has 1 aliphatic heterocycles. The number of rotatable bonds is 1. The third-order valence-corrected chi connectivity index (χ3v) is 2.78. The number of carbonyl (C=O) groups is 1. The number of hydrogen-bond donors (Lipinski definition) is 2. The maximum atomic E-state index is 13.0. The van der Waals surface area contributed by atoms with Gasteiger partial charge in [0.2, 0.25) is 0 Å². The van der Waals surface area contributed by atoms with Crippen LogP contribution in [0.1, 0.15) is 10.4 Å². The molecule has 1 heterocycles. The van der Waals surface area contributed by atoms with E-state index in [2.05, 4.69) is 0 Å². The number of halogens is 3. The van der Waals surface area contributed by atoms with Gasteiger partial charge >= 0.3 is 0 Å². The maximum absolute atomic E-state index is 13.0. The Hall–Kier alpha value is -1.60. The molecule has 1 fully saturated rings. The summed E-state index contributed by atoms with van der Waals surface area (Å²) in [6, 6.07) is 1.16. The zero-order chi connectivity index (χ0) is 13.4. The van der Waals surface area contributed by atoms with Gasteiger partial charge in [0.25, 0.3) is 5.91 Å². The third-order valence-electron chi connectivity index (χ3n) is 2.78. The highest BCUT2D eigenvalue weighted by molar-refractivity contribution is 5.94. The van der Waals surface area contributed by atoms with Crippen LogP contribution < -0.4 is 0 Å². The predicted octanol–water partition coefficient (Wildman–Crippen LogP) is 0.281. The molecule has 0 radical (unpaired) electrons. The summed E-state index contributed by atoms with van der Waals surface area (Å²) in [6.45, 7) is -0.277. The molecule has 18 heavy (non-hydrogen) atoms. The fraction of sp³-hybridized carbons (Fsp3) is 0.364. The van der Waals surface area contributed by atoms with Gasteiger partial charge in [-0.05, 0) is 12.1 Å². The van der Waals surface area contributed by atoms with Crippen LogP contribution in [0.3, 0.4) is 0 Å². The first-order valence-electron chi connectivity index (χ1n) is 5.20. The molecule has 1 aliphatic rings. The molecule has 1 saturated heterocycles. The molecule has 0 bridgehead atoms. The van der Waals surface area contributed by atoms with E-state index in [1.54, 1.807) is 0 Å². The second kappa shape index (κ2) is 4.58. The van der Waals surface area contributed by atoms with E-state index in [0.29, 0.717) is 12.1 Å². The Kier molecular flexibility index (Phi) is 3.27. The lowest BCUT2D eigenvalue weighted by Gasteiger charge is -2.15. The van der Waals surface area contributed by atoms with E-state index in [-0.39, 0.29) is 18.7 Å². The average Bonchev–Trinajstić information content (AvgIpc) is 2.65. The van der Waals surface area contributed by atoms with Crippen molar-refractivity contribution in [2.24, 2.45) is 0 Å². The summed E-state index contributed by atoms with van der Waals surface area (Å²) in [7, 11) is 0. The molecule has 0 spiro atoms. The van der Waals surface area contributed by atoms with Crippen molar-refractivity contribution >= 4 is 5.91 Å². The molecule has 1 aromatic carbocycles. The Morgan fingerprint density at radius 1 is 1.11 bits per heavy atom. The standard InChI is InChI=1S/C11H10F3NO3/c12-6-1-5(2-7(13)10(6)14)11(18)15-3-8(16)9(17)4-15/h1-2,8-9,16-17H,3-4H2/t8-,9+. The summed E-state index contributed by atoms with van der Waals surface area (Å²) in [5.74, 6) is -5.34. The molecule has 1 aromatic rings. The number of likely N-dealkylation sites (tertiary alicyclic amines) is 1. The minimum Gasteiger partial charge on any atom is -0.388 e. The van der Waals surface area contributed by atoms with Gasteiger partial charge in [0.1, 0.15) is 0 Å². The molecule has 0 unspecified atom stereocenters. The van der Waals surface area contributed by atoms with Crippen molar-refractivity contribution in [1.82, 2.24) is 4.90 Å². The average molecular weight is 261 g/mol. The Labute approximate surface area is 100 Å². The number of amides is 1. The van der Waals surface area contributed by atoms with Crippen LogP contribution in [-0.2, 0) is 0 Å². The van der Waals surface area contributed by atoms with Gasteiger partial charge in [0.05, 0.1) is 12.2 Å². The van der Waals surface area contributed by atoms with Gasteiger partial charge in [-0.3, -0.25) is 4.79 Å². The molecule has 2 N–H and O–H groups in total. The SMILES string of the molecule is O=C(c1cc(F)c(F)c(F)c1)N1C[C@@H](O)[C@@H](O)C1. The molecule has 98 valence electrons. The molecule has 7 heteroatoms. The number of nitrogens with zero attached hydrogens (tertiary/aromatic N) is 1. The van der Waals surface area contributed by atoms with E-state index in [1.165, 1.54) is 0 Å². The largest absolute Gasteiger partial charge is 0.388 e. The number of β-amino-alcohol motifs (C(OH)–C–C–N with tert-alkyl or cyclic N) is 2. The monoisotopic (exact) mass is 261 g/mol. The zero-order valence-electron chi connectivity index (χ0n) is 9.11. The molecular weight excluding hydrogens is 251 g/mol. The Morgan fingerprint density at radius 3 is 2.00 bits per heavy atom. The fourth-order valence-corrected chi connectivity index (χ4v) is 1.80. The lowest BCUT2D eigenvalue weighted by atomic mass is 10.2. The number of aliphatic hydroxyl groups excluding tert-OH is 2. The van der Waals surface area contributed by atoms with Crippen LogP contribution in [0.25, 0.3) is 0 Å². The van der Waals surface area contributed by atoms with Crippen LogP contribution in [0.15, 0.2) is 12.1 Å².